The summed E-state index contributed by atoms with van der Waals surface area (Å²) in [4.78, 5) is 12.5. The number of nitrogens with zero attached hydrogens (tertiary/aromatic N) is 3. The zero-order valence-corrected chi connectivity index (χ0v) is 18.2. The Balaban J connectivity index is 1.48. The largest absolute Gasteiger partial charge is 0.376 e. The normalized spacial score (nSPS) is 15.9. The van der Waals surface area contributed by atoms with Crippen molar-refractivity contribution in [2.45, 2.75) is 44.0 Å². The Labute approximate surface area is 185 Å². The second-order valence-electron chi connectivity index (χ2n) is 7.45. The number of hydrogen-bond donors (Lipinski definition) is 1. The fourth-order valence-corrected chi connectivity index (χ4v) is 4.31. The van der Waals surface area contributed by atoms with Crippen molar-refractivity contribution in [3.63, 3.8) is 0 Å². The van der Waals surface area contributed by atoms with Crippen LogP contribution in [-0.2, 0) is 22.5 Å². The van der Waals surface area contributed by atoms with Crippen molar-refractivity contribution in [3.05, 3.63) is 59.9 Å². The summed E-state index contributed by atoms with van der Waals surface area (Å²) in [7, 11) is 0. The molecule has 1 aromatic heterocycles. The van der Waals surface area contributed by atoms with E-state index in [0.29, 0.717) is 17.5 Å². The number of anilines is 1. The summed E-state index contributed by atoms with van der Waals surface area (Å²) >= 11 is 1.33. The summed E-state index contributed by atoms with van der Waals surface area (Å²) < 4.78 is 21.1. The van der Waals surface area contributed by atoms with Crippen LogP contribution in [0.1, 0.15) is 25.3 Å². The Morgan fingerprint density at radius 1 is 1.26 bits per heavy atom. The molecule has 1 aliphatic rings. The van der Waals surface area contributed by atoms with E-state index in [-0.39, 0.29) is 23.6 Å². The van der Waals surface area contributed by atoms with Crippen molar-refractivity contribution in [1.82, 2.24) is 14.8 Å². The molecule has 1 N–H and O–H groups in total. The van der Waals surface area contributed by atoms with Gasteiger partial charge in [0.2, 0.25) is 5.91 Å². The number of aryl methyl sites for hydroxylation is 1. The van der Waals surface area contributed by atoms with Crippen LogP contribution in [0.15, 0.2) is 53.7 Å². The Hall–Kier alpha value is -2.71. The van der Waals surface area contributed by atoms with E-state index in [2.05, 4.69) is 22.4 Å². The third-order valence-electron chi connectivity index (χ3n) is 5.18. The quantitative estimate of drug-likeness (QED) is 0.520. The molecule has 1 aliphatic heterocycles. The minimum atomic E-state index is -0.299. The van der Waals surface area contributed by atoms with Crippen molar-refractivity contribution in [1.29, 1.82) is 0 Å². The maximum Gasteiger partial charge on any atom is 0.234 e. The molecule has 1 amide bonds. The summed E-state index contributed by atoms with van der Waals surface area (Å²) in [5, 5.41) is 12.2. The standard InChI is InChI=1S/C23H25FN4O2S/c1-2-16-5-3-6-19(13-16)25-21(29)15-31-23-27-26-22(17-8-10-18(24)11-9-17)28(23)14-20-7-4-12-30-20/h3,5-6,8-11,13,20H,2,4,7,12,14-15H2,1H3,(H,25,29). The second-order valence-corrected chi connectivity index (χ2v) is 8.39. The van der Waals surface area contributed by atoms with Crippen molar-refractivity contribution in [2.75, 3.05) is 17.7 Å². The van der Waals surface area contributed by atoms with Gasteiger partial charge in [0.05, 0.1) is 18.4 Å². The highest BCUT2D eigenvalue weighted by Crippen LogP contribution is 2.27. The first-order valence-electron chi connectivity index (χ1n) is 10.4. The molecule has 0 saturated carbocycles. The molecule has 0 aliphatic carbocycles. The van der Waals surface area contributed by atoms with Crippen LogP contribution in [0.3, 0.4) is 0 Å². The van der Waals surface area contributed by atoms with E-state index >= 15 is 0 Å². The van der Waals surface area contributed by atoms with Gasteiger partial charge in [-0.05, 0) is 61.2 Å². The molecule has 4 rings (SSSR count). The van der Waals surface area contributed by atoms with Gasteiger partial charge in [0.15, 0.2) is 11.0 Å². The number of benzene rings is 2. The fraction of sp³-hybridized carbons (Fsp3) is 0.348. The van der Waals surface area contributed by atoms with E-state index in [4.69, 9.17) is 4.74 Å². The van der Waals surface area contributed by atoms with E-state index in [9.17, 15) is 9.18 Å². The number of nitrogens with one attached hydrogen (secondary N) is 1. The monoisotopic (exact) mass is 440 g/mol. The van der Waals surface area contributed by atoms with Crippen LogP contribution in [0.5, 0.6) is 0 Å². The minimum Gasteiger partial charge on any atom is -0.376 e. The molecule has 1 saturated heterocycles. The third-order valence-corrected chi connectivity index (χ3v) is 6.15. The lowest BCUT2D eigenvalue weighted by atomic mass is 10.1. The number of halogens is 1. The van der Waals surface area contributed by atoms with Crippen LogP contribution in [0.25, 0.3) is 11.4 Å². The lowest BCUT2D eigenvalue weighted by molar-refractivity contribution is -0.113. The van der Waals surface area contributed by atoms with Crippen molar-refractivity contribution in [3.8, 4) is 11.4 Å². The number of carbonyl (C=O) groups excluding carboxylic acids is 1. The highest BCUT2D eigenvalue weighted by Gasteiger charge is 2.22. The van der Waals surface area contributed by atoms with Crippen LogP contribution >= 0.6 is 11.8 Å². The number of hydrogen-bond acceptors (Lipinski definition) is 5. The van der Waals surface area contributed by atoms with Gasteiger partial charge < -0.3 is 10.1 Å². The first-order chi connectivity index (χ1) is 15.1. The van der Waals surface area contributed by atoms with Crippen LogP contribution < -0.4 is 5.32 Å². The number of thioether (sulfide) groups is 1. The van der Waals surface area contributed by atoms with Crippen molar-refractivity contribution < 1.29 is 13.9 Å². The van der Waals surface area contributed by atoms with Crippen LogP contribution in [-0.4, -0.2) is 39.1 Å². The molecule has 3 aromatic rings. The highest BCUT2D eigenvalue weighted by atomic mass is 32.2. The lowest BCUT2D eigenvalue weighted by Crippen LogP contribution is -2.18. The highest BCUT2D eigenvalue weighted by molar-refractivity contribution is 7.99. The van der Waals surface area contributed by atoms with Crippen LogP contribution in [0, 0.1) is 5.82 Å². The second kappa shape index (κ2) is 10.1. The van der Waals surface area contributed by atoms with Gasteiger partial charge in [0.1, 0.15) is 5.82 Å². The van der Waals surface area contributed by atoms with Gasteiger partial charge in [-0.2, -0.15) is 0 Å². The van der Waals surface area contributed by atoms with Gasteiger partial charge in [-0.1, -0.05) is 30.8 Å². The molecular formula is C23H25FN4O2S. The van der Waals surface area contributed by atoms with Gasteiger partial charge in [-0.15, -0.1) is 10.2 Å². The van der Waals surface area contributed by atoms with Gasteiger partial charge in [0.25, 0.3) is 0 Å². The van der Waals surface area contributed by atoms with Crippen molar-refractivity contribution in [2.24, 2.45) is 0 Å². The molecule has 0 spiro atoms. The van der Waals surface area contributed by atoms with Crippen LogP contribution in [0.2, 0.25) is 0 Å². The van der Waals surface area contributed by atoms with E-state index < -0.39 is 0 Å². The Morgan fingerprint density at radius 3 is 2.84 bits per heavy atom. The van der Waals surface area contributed by atoms with E-state index in [1.165, 1.54) is 29.5 Å². The Bertz CT molecular complexity index is 1030. The zero-order valence-electron chi connectivity index (χ0n) is 17.4. The average molecular weight is 441 g/mol. The summed E-state index contributed by atoms with van der Waals surface area (Å²) in [5.74, 6) is 0.457. The first-order valence-corrected chi connectivity index (χ1v) is 11.4. The number of carbonyl (C=O) groups is 1. The summed E-state index contributed by atoms with van der Waals surface area (Å²) in [6.07, 6.45) is 3.00. The first kappa shape index (κ1) is 21.5. The molecule has 2 aromatic carbocycles. The van der Waals surface area contributed by atoms with Gasteiger partial charge in [-0.25, -0.2) is 4.39 Å². The third kappa shape index (κ3) is 5.51. The average Bonchev–Trinajstić information content (AvgIpc) is 3.43. The topological polar surface area (TPSA) is 69.0 Å². The predicted octanol–water partition coefficient (Wildman–Crippen LogP) is 4.56. The molecule has 2 heterocycles. The van der Waals surface area contributed by atoms with Crippen molar-refractivity contribution >= 4 is 23.4 Å². The molecule has 8 heteroatoms. The molecule has 0 radical (unpaired) electrons. The van der Waals surface area contributed by atoms with E-state index in [1.54, 1.807) is 12.1 Å². The number of aromatic nitrogens is 3. The minimum absolute atomic E-state index is 0.0835. The number of amides is 1. The lowest BCUT2D eigenvalue weighted by Gasteiger charge is -2.14. The molecule has 6 nitrogen and oxygen atoms in total. The maximum atomic E-state index is 13.4. The van der Waals surface area contributed by atoms with Crippen LogP contribution in [0.4, 0.5) is 10.1 Å². The Kier molecular flexibility index (Phi) is 6.99. The number of rotatable bonds is 8. The molecule has 1 atom stereocenters. The maximum absolute atomic E-state index is 13.4. The molecular weight excluding hydrogens is 415 g/mol. The van der Waals surface area contributed by atoms with Gasteiger partial charge >= 0.3 is 0 Å². The summed E-state index contributed by atoms with van der Waals surface area (Å²) in [6.45, 7) is 3.43. The van der Waals surface area contributed by atoms with Gasteiger partial charge in [-0.3, -0.25) is 9.36 Å². The molecule has 0 bridgehead atoms. The smallest absolute Gasteiger partial charge is 0.234 e. The summed E-state index contributed by atoms with van der Waals surface area (Å²) in [6, 6.07) is 14.0. The molecule has 162 valence electrons. The SMILES string of the molecule is CCc1cccc(NC(=O)CSc2nnc(-c3ccc(F)cc3)n2CC2CCCO2)c1. The van der Waals surface area contributed by atoms with E-state index in [1.807, 2.05) is 28.8 Å². The molecule has 1 unspecified atom stereocenters. The molecule has 31 heavy (non-hydrogen) atoms. The zero-order chi connectivity index (χ0) is 21.6. The fourth-order valence-electron chi connectivity index (χ4n) is 3.56. The predicted molar refractivity (Wildman–Crippen MR) is 120 cm³/mol. The van der Waals surface area contributed by atoms with E-state index in [0.717, 1.165) is 37.1 Å². The summed E-state index contributed by atoms with van der Waals surface area (Å²) in [5.41, 5.74) is 2.74. The molecule has 1 fully saturated rings. The Morgan fingerprint density at radius 2 is 2.10 bits per heavy atom. The number of ether oxygens (including phenoxy) is 1. The van der Waals surface area contributed by atoms with Gasteiger partial charge in [0, 0.05) is 17.9 Å².